The summed E-state index contributed by atoms with van der Waals surface area (Å²) in [4.78, 5) is 25.1. The van der Waals surface area contributed by atoms with Crippen molar-refractivity contribution in [1.82, 2.24) is 0 Å². The molecule has 33 heavy (non-hydrogen) atoms. The molecule has 0 aliphatic heterocycles. The van der Waals surface area contributed by atoms with Crippen LogP contribution < -0.4 is 0 Å². The predicted molar refractivity (Wildman–Crippen MR) is 127 cm³/mol. The van der Waals surface area contributed by atoms with Crippen LogP contribution in [0.1, 0.15) is 31.8 Å². The summed E-state index contributed by atoms with van der Waals surface area (Å²) in [6.45, 7) is 0. The highest BCUT2D eigenvalue weighted by Gasteiger charge is 2.18. The zero-order chi connectivity index (χ0) is 23.3. The Labute approximate surface area is 193 Å². The van der Waals surface area contributed by atoms with Crippen LogP contribution in [-0.2, 0) is 22.7 Å². The zero-order valence-electron chi connectivity index (χ0n) is 17.8. The minimum absolute atomic E-state index is 0.0214. The van der Waals surface area contributed by atoms with Gasteiger partial charge >= 0.3 is 0 Å². The van der Waals surface area contributed by atoms with Crippen molar-refractivity contribution >= 4 is 21.4 Å². The molecule has 0 aliphatic carbocycles. The molecule has 0 bridgehead atoms. The maximum absolute atomic E-state index is 13.0. The molecule has 4 rings (SSSR count). The van der Waals surface area contributed by atoms with Gasteiger partial charge in [-0.3, -0.25) is 9.59 Å². The summed E-state index contributed by atoms with van der Waals surface area (Å²) >= 11 is 0. The first-order valence-corrected chi connectivity index (χ1v) is 12.0. The summed E-state index contributed by atoms with van der Waals surface area (Å²) in [5.41, 5.74) is 2.75. The molecule has 0 N–H and O–H groups in total. The molecule has 0 heterocycles. The Morgan fingerprint density at radius 3 is 1.15 bits per heavy atom. The lowest BCUT2D eigenvalue weighted by Crippen LogP contribution is -2.06. The molecule has 5 heteroatoms. The van der Waals surface area contributed by atoms with Gasteiger partial charge in [0.05, 0.1) is 9.79 Å². The van der Waals surface area contributed by atoms with Gasteiger partial charge < -0.3 is 0 Å². The zero-order valence-corrected chi connectivity index (χ0v) is 18.7. The van der Waals surface area contributed by atoms with Gasteiger partial charge in [0, 0.05) is 24.0 Å². The van der Waals surface area contributed by atoms with Gasteiger partial charge in [0.25, 0.3) is 0 Å². The maximum Gasteiger partial charge on any atom is 0.206 e. The predicted octanol–water partition coefficient (Wildman–Crippen LogP) is 5.37. The second kappa shape index (κ2) is 9.76. The number of benzene rings is 4. The minimum atomic E-state index is -3.70. The molecule has 4 aromatic carbocycles. The van der Waals surface area contributed by atoms with E-state index < -0.39 is 9.84 Å². The van der Waals surface area contributed by atoms with Crippen molar-refractivity contribution in [3.05, 3.63) is 131 Å². The summed E-state index contributed by atoms with van der Waals surface area (Å²) in [5, 5.41) is 0. The Hall–Kier alpha value is -3.83. The molecular formula is C28H22O4S. The van der Waals surface area contributed by atoms with Crippen LogP contribution in [0.2, 0.25) is 0 Å². The van der Waals surface area contributed by atoms with Gasteiger partial charge in [-0.05, 0) is 35.4 Å². The van der Waals surface area contributed by atoms with Gasteiger partial charge in [-0.25, -0.2) is 8.42 Å². The molecule has 4 aromatic rings. The van der Waals surface area contributed by atoms with Crippen molar-refractivity contribution in [3.8, 4) is 0 Å². The topological polar surface area (TPSA) is 68.3 Å². The lowest BCUT2D eigenvalue weighted by Gasteiger charge is -2.08. The molecular weight excluding hydrogens is 432 g/mol. The molecule has 0 amide bonds. The third kappa shape index (κ3) is 5.33. The smallest absolute Gasteiger partial charge is 0.206 e. The quantitative estimate of drug-likeness (QED) is 0.336. The van der Waals surface area contributed by atoms with Crippen LogP contribution in [0, 0.1) is 0 Å². The van der Waals surface area contributed by atoms with E-state index in [1.54, 1.807) is 48.5 Å². The van der Waals surface area contributed by atoms with Crippen LogP contribution >= 0.6 is 0 Å². The van der Waals surface area contributed by atoms with Crippen molar-refractivity contribution in [2.75, 3.05) is 0 Å². The molecule has 0 aromatic heterocycles. The normalized spacial score (nSPS) is 11.2. The van der Waals surface area contributed by atoms with E-state index in [-0.39, 0.29) is 34.2 Å². The minimum Gasteiger partial charge on any atom is -0.294 e. The molecule has 0 saturated carbocycles. The van der Waals surface area contributed by atoms with Crippen LogP contribution in [0.5, 0.6) is 0 Å². The highest BCUT2D eigenvalue weighted by Crippen LogP contribution is 2.22. The molecule has 0 radical (unpaired) electrons. The Bertz CT molecular complexity index is 1250. The van der Waals surface area contributed by atoms with Crippen molar-refractivity contribution in [2.45, 2.75) is 22.6 Å². The molecule has 164 valence electrons. The SMILES string of the molecule is O=C(Cc1ccc(S(=O)(=O)c2ccc(CC(=O)c3ccccc3)cc2)cc1)c1ccccc1. The second-order valence-electron chi connectivity index (χ2n) is 7.72. The number of ketones is 2. The monoisotopic (exact) mass is 454 g/mol. The number of carbonyl (C=O) groups excluding carboxylic acids is 2. The van der Waals surface area contributed by atoms with E-state index in [9.17, 15) is 18.0 Å². The van der Waals surface area contributed by atoms with E-state index in [0.29, 0.717) is 11.1 Å². The molecule has 0 unspecified atom stereocenters. The van der Waals surface area contributed by atoms with Crippen LogP contribution in [0.25, 0.3) is 0 Å². The Morgan fingerprint density at radius 2 is 0.818 bits per heavy atom. The number of sulfone groups is 1. The van der Waals surface area contributed by atoms with Crippen LogP contribution in [0.4, 0.5) is 0 Å². The molecule has 0 aliphatic rings. The maximum atomic E-state index is 13.0. The van der Waals surface area contributed by atoms with E-state index in [4.69, 9.17) is 0 Å². The Balaban J connectivity index is 1.45. The number of hydrogen-bond donors (Lipinski definition) is 0. The van der Waals surface area contributed by atoms with E-state index in [2.05, 4.69) is 0 Å². The first-order valence-electron chi connectivity index (χ1n) is 10.5. The van der Waals surface area contributed by atoms with Crippen molar-refractivity contribution in [1.29, 1.82) is 0 Å². The standard InChI is InChI=1S/C28H22O4S/c29-27(23-7-3-1-4-8-23)19-21-11-15-25(16-12-21)33(31,32)26-17-13-22(14-18-26)20-28(30)24-9-5-2-6-10-24/h1-18H,19-20H2. The largest absolute Gasteiger partial charge is 0.294 e. The first kappa shape index (κ1) is 22.4. The highest BCUT2D eigenvalue weighted by molar-refractivity contribution is 7.91. The van der Waals surface area contributed by atoms with E-state index in [1.807, 2.05) is 36.4 Å². The van der Waals surface area contributed by atoms with Gasteiger partial charge in [-0.2, -0.15) is 0 Å². The van der Waals surface area contributed by atoms with Gasteiger partial charge in [-0.15, -0.1) is 0 Å². The second-order valence-corrected chi connectivity index (χ2v) is 9.67. The van der Waals surface area contributed by atoms with Crippen molar-refractivity contribution < 1.29 is 18.0 Å². The number of carbonyl (C=O) groups is 2. The highest BCUT2D eigenvalue weighted by atomic mass is 32.2. The van der Waals surface area contributed by atoms with Gasteiger partial charge in [0.15, 0.2) is 11.6 Å². The third-order valence-electron chi connectivity index (χ3n) is 5.39. The number of hydrogen-bond acceptors (Lipinski definition) is 4. The summed E-state index contributed by atoms with van der Waals surface area (Å²) < 4.78 is 26.0. The lowest BCUT2D eigenvalue weighted by molar-refractivity contribution is 0.0984. The molecule has 0 atom stereocenters. The molecule has 4 nitrogen and oxygen atoms in total. The average molecular weight is 455 g/mol. The fourth-order valence-corrected chi connectivity index (χ4v) is 4.79. The van der Waals surface area contributed by atoms with Crippen LogP contribution in [-0.4, -0.2) is 20.0 Å². The van der Waals surface area contributed by atoms with Crippen LogP contribution in [0.15, 0.2) is 119 Å². The summed E-state index contributed by atoms with van der Waals surface area (Å²) in [7, 11) is -3.70. The van der Waals surface area contributed by atoms with E-state index in [0.717, 1.165) is 11.1 Å². The van der Waals surface area contributed by atoms with E-state index >= 15 is 0 Å². The Morgan fingerprint density at radius 1 is 0.485 bits per heavy atom. The first-order chi connectivity index (χ1) is 15.9. The summed E-state index contributed by atoms with van der Waals surface area (Å²) in [5.74, 6) is -0.0429. The van der Waals surface area contributed by atoms with Crippen molar-refractivity contribution in [3.63, 3.8) is 0 Å². The summed E-state index contributed by atoms with van der Waals surface area (Å²) in [6.07, 6.45) is 0.406. The van der Waals surface area contributed by atoms with Crippen molar-refractivity contribution in [2.24, 2.45) is 0 Å². The Kier molecular flexibility index (Phi) is 6.61. The van der Waals surface area contributed by atoms with Crippen LogP contribution in [0.3, 0.4) is 0 Å². The fourth-order valence-electron chi connectivity index (χ4n) is 3.53. The lowest BCUT2D eigenvalue weighted by atomic mass is 10.0. The van der Waals surface area contributed by atoms with Gasteiger partial charge in [0.2, 0.25) is 9.84 Å². The number of rotatable bonds is 8. The fraction of sp³-hybridized carbons (Fsp3) is 0.0714. The average Bonchev–Trinajstić information content (AvgIpc) is 2.86. The van der Waals surface area contributed by atoms with E-state index in [1.165, 1.54) is 24.3 Å². The molecule has 0 saturated heterocycles. The van der Waals surface area contributed by atoms with Gasteiger partial charge in [0.1, 0.15) is 0 Å². The number of Topliss-reactive ketones (excluding diaryl/α,β-unsaturated/α-hetero) is 2. The molecule has 0 fully saturated rings. The van der Waals surface area contributed by atoms with Gasteiger partial charge in [-0.1, -0.05) is 84.9 Å². The summed E-state index contributed by atoms with van der Waals surface area (Å²) in [6, 6.07) is 30.8. The third-order valence-corrected chi connectivity index (χ3v) is 7.17. The molecule has 0 spiro atoms.